The molecule has 0 saturated carbocycles. The summed E-state index contributed by atoms with van der Waals surface area (Å²) in [5.74, 6) is 0.733. The second-order valence-corrected chi connectivity index (χ2v) is 13.5. The number of aliphatic hydroxyl groups is 1. The average molecular weight is 688 g/mol. The molecule has 0 radical (unpaired) electrons. The molecule has 0 spiro atoms. The number of fused-ring (bicyclic) bond motifs is 1. The Hall–Kier alpha value is -3.59. The zero-order chi connectivity index (χ0) is 32.2. The lowest BCUT2D eigenvalue weighted by Crippen LogP contribution is -2.27. The van der Waals surface area contributed by atoms with Gasteiger partial charge in [0, 0.05) is 18.4 Å². The van der Waals surface area contributed by atoms with Crippen molar-refractivity contribution >= 4 is 52.3 Å². The van der Waals surface area contributed by atoms with Gasteiger partial charge in [-0.3, -0.25) is 22.9 Å². The van der Waals surface area contributed by atoms with Gasteiger partial charge in [0.2, 0.25) is 0 Å². The molecule has 15 nitrogen and oxygen atoms in total. The SMILES string of the molecule is N#CCCOP(=O)(OCCSSc1ccccn1)OC1C[C@H](n2cnc3c(NC(=O)COc4ccccc4)ncnc32)O[C@@H]1CO. The summed E-state index contributed by atoms with van der Waals surface area (Å²) in [7, 11) is -1.26. The Bertz CT molecular complexity index is 1660. The molecule has 46 heavy (non-hydrogen) atoms. The van der Waals surface area contributed by atoms with E-state index in [1.54, 1.807) is 35.0 Å². The number of anilines is 1. The monoisotopic (exact) mass is 687 g/mol. The molecule has 18 heteroatoms. The Labute approximate surface area is 272 Å². The van der Waals surface area contributed by atoms with Crippen molar-refractivity contribution in [2.24, 2.45) is 0 Å². The molecule has 1 aromatic carbocycles. The number of pyridine rings is 1. The van der Waals surface area contributed by atoms with Gasteiger partial charge in [-0.15, -0.1) is 0 Å². The number of nitrogens with zero attached hydrogens (tertiary/aromatic N) is 6. The van der Waals surface area contributed by atoms with Gasteiger partial charge >= 0.3 is 7.82 Å². The summed E-state index contributed by atoms with van der Waals surface area (Å²) < 4.78 is 43.6. The van der Waals surface area contributed by atoms with Crippen LogP contribution in [0.2, 0.25) is 0 Å². The van der Waals surface area contributed by atoms with E-state index < -0.39 is 38.8 Å². The first kappa shape index (κ1) is 33.8. The van der Waals surface area contributed by atoms with Crippen LogP contribution in [0.4, 0.5) is 5.82 Å². The van der Waals surface area contributed by atoms with Gasteiger partial charge in [0.15, 0.2) is 23.6 Å². The minimum atomic E-state index is -4.16. The number of hydrogen-bond acceptors (Lipinski definition) is 15. The number of carbonyl (C=O) groups excluding carboxylic acids is 1. The van der Waals surface area contributed by atoms with Crippen LogP contribution in [0.5, 0.6) is 5.75 Å². The average Bonchev–Trinajstić information content (AvgIpc) is 3.69. The van der Waals surface area contributed by atoms with E-state index in [1.807, 2.05) is 30.3 Å². The molecular weight excluding hydrogens is 657 g/mol. The molecule has 3 aromatic heterocycles. The highest BCUT2D eigenvalue weighted by atomic mass is 33.1. The third-order valence-electron chi connectivity index (χ3n) is 6.33. The predicted octanol–water partition coefficient (Wildman–Crippen LogP) is 4.40. The summed E-state index contributed by atoms with van der Waals surface area (Å²) in [6, 6.07) is 16.4. The molecule has 4 aromatic rings. The Morgan fingerprint density at radius 2 is 1.96 bits per heavy atom. The van der Waals surface area contributed by atoms with Crippen molar-refractivity contribution in [3.63, 3.8) is 0 Å². The fourth-order valence-corrected chi connectivity index (χ4v) is 7.49. The van der Waals surface area contributed by atoms with Gasteiger partial charge in [0.25, 0.3) is 5.91 Å². The molecule has 1 aliphatic rings. The number of aliphatic hydroxyl groups excluding tert-OH is 1. The summed E-state index contributed by atoms with van der Waals surface area (Å²) in [5, 5.41) is 22.5. The van der Waals surface area contributed by atoms with E-state index in [0.29, 0.717) is 22.7 Å². The third kappa shape index (κ3) is 9.24. The third-order valence-corrected chi connectivity index (χ3v) is 10.1. The number of phosphoric acid groups is 1. The van der Waals surface area contributed by atoms with E-state index in [2.05, 4.69) is 25.3 Å². The number of phosphoric ester groups is 1. The summed E-state index contributed by atoms with van der Waals surface area (Å²) in [6.45, 7) is -0.818. The van der Waals surface area contributed by atoms with Crippen LogP contribution in [0.15, 0.2) is 72.4 Å². The van der Waals surface area contributed by atoms with Gasteiger partial charge in [-0.1, -0.05) is 35.1 Å². The Balaban J connectivity index is 1.21. The summed E-state index contributed by atoms with van der Waals surface area (Å²) in [6.07, 6.45) is 2.03. The maximum absolute atomic E-state index is 13.6. The Morgan fingerprint density at radius 1 is 1.13 bits per heavy atom. The maximum Gasteiger partial charge on any atom is 0.475 e. The molecule has 1 fully saturated rings. The number of benzene rings is 1. The first-order chi connectivity index (χ1) is 22.5. The zero-order valence-corrected chi connectivity index (χ0v) is 26.8. The molecule has 4 atom stereocenters. The number of hydrogen-bond donors (Lipinski definition) is 2. The zero-order valence-electron chi connectivity index (χ0n) is 24.3. The van der Waals surface area contributed by atoms with Gasteiger partial charge < -0.3 is 19.9 Å². The Kier molecular flexibility index (Phi) is 12.3. The van der Waals surface area contributed by atoms with E-state index in [1.165, 1.54) is 34.2 Å². The summed E-state index contributed by atoms with van der Waals surface area (Å²) in [5.41, 5.74) is 0.655. The molecule has 1 aliphatic heterocycles. The van der Waals surface area contributed by atoms with E-state index >= 15 is 0 Å². The fourth-order valence-electron chi connectivity index (χ4n) is 4.28. The number of rotatable bonds is 17. The molecule has 2 unspecified atom stereocenters. The number of aromatic nitrogens is 5. The minimum Gasteiger partial charge on any atom is -0.484 e. The van der Waals surface area contributed by atoms with Crippen molar-refractivity contribution in [2.75, 3.05) is 37.5 Å². The highest BCUT2D eigenvalue weighted by Crippen LogP contribution is 2.53. The normalized spacial score (nSPS) is 19.0. The van der Waals surface area contributed by atoms with Crippen LogP contribution in [0.25, 0.3) is 11.2 Å². The van der Waals surface area contributed by atoms with E-state index in [-0.39, 0.29) is 38.5 Å². The van der Waals surface area contributed by atoms with Gasteiger partial charge in [0.1, 0.15) is 35.5 Å². The number of carbonyl (C=O) groups is 1. The van der Waals surface area contributed by atoms with Crippen molar-refractivity contribution < 1.29 is 37.5 Å². The molecular formula is C28H30N7O8PS2. The van der Waals surface area contributed by atoms with Crippen LogP contribution in [0.3, 0.4) is 0 Å². The second kappa shape index (κ2) is 16.8. The van der Waals surface area contributed by atoms with Gasteiger partial charge in [-0.2, -0.15) is 5.26 Å². The van der Waals surface area contributed by atoms with Crippen LogP contribution in [-0.2, 0) is 27.7 Å². The highest BCUT2D eigenvalue weighted by molar-refractivity contribution is 8.76. The summed E-state index contributed by atoms with van der Waals surface area (Å²) >= 11 is 0. The van der Waals surface area contributed by atoms with Crippen LogP contribution in [0, 0.1) is 11.3 Å². The van der Waals surface area contributed by atoms with Gasteiger partial charge in [-0.05, 0) is 35.1 Å². The number of imidazole rings is 1. The quantitative estimate of drug-likeness (QED) is 0.0901. The number of nitriles is 1. The van der Waals surface area contributed by atoms with Gasteiger partial charge in [-0.25, -0.2) is 24.5 Å². The molecule has 2 N–H and O–H groups in total. The molecule has 4 heterocycles. The van der Waals surface area contributed by atoms with Crippen LogP contribution in [0.1, 0.15) is 19.1 Å². The number of nitrogens with one attached hydrogen (secondary N) is 1. The number of ether oxygens (including phenoxy) is 2. The topological polar surface area (TPSA) is 193 Å². The summed E-state index contributed by atoms with van der Waals surface area (Å²) in [4.78, 5) is 29.6. The number of amides is 1. The molecule has 0 bridgehead atoms. The van der Waals surface area contributed by atoms with Crippen LogP contribution >= 0.6 is 29.4 Å². The van der Waals surface area contributed by atoms with Gasteiger partial charge in [0.05, 0.1) is 38.6 Å². The highest BCUT2D eigenvalue weighted by Gasteiger charge is 2.43. The maximum atomic E-state index is 13.6. The van der Waals surface area contributed by atoms with E-state index in [4.69, 9.17) is 28.3 Å². The first-order valence-corrected chi connectivity index (χ1v) is 17.8. The van der Waals surface area contributed by atoms with Crippen LogP contribution in [-0.4, -0.2) is 79.9 Å². The van der Waals surface area contributed by atoms with Crippen molar-refractivity contribution in [1.82, 2.24) is 24.5 Å². The lowest BCUT2D eigenvalue weighted by molar-refractivity contribution is -0.118. The van der Waals surface area contributed by atoms with Crippen molar-refractivity contribution in [3.8, 4) is 11.8 Å². The minimum absolute atomic E-state index is 0.0216. The fraction of sp³-hybridized carbons (Fsp3) is 0.357. The van der Waals surface area contributed by atoms with E-state index in [9.17, 15) is 14.5 Å². The Morgan fingerprint density at radius 3 is 2.74 bits per heavy atom. The smallest absolute Gasteiger partial charge is 0.475 e. The van der Waals surface area contributed by atoms with Crippen molar-refractivity contribution in [2.45, 2.75) is 36.3 Å². The molecule has 5 rings (SSSR count). The van der Waals surface area contributed by atoms with E-state index in [0.717, 1.165) is 5.03 Å². The largest absolute Gasteiger partial charge is 0.484 e. The molecule has 0 aliphatic carbocycles. The standard InChI is InChI=1S/C28H30N7O8PS2/c29-10-6-12-40-44(38,41-13-14-45-46-24-9-4-5-11-30-24)43-21-15-25(42-22(21)16-36)35-19-33-26-27(31-18-32-28(26)35)34-23(37)17-39-20-7-2-1-3-8-20/h1-5,7-9,11,18-19,21-22,25,36H,6,12-17H2,(H,31,32,34,37)/t21?,22-,25-,44?/m1/s1. The lowest BCUT2D eigenvalue weighted by atomic mass is 10.2. The van der Waals surface area contributed by atoms with Crippen molar-refractivity contribution in [1.29, 1.82) is 5.26 Å². The molecule has 242 valence electrons. The first-order valence-electron chi connectivity index (χ1n) is 14.0. The van der Waals surface area contributed by atoms with Crippen molar-refractivity contribution in [3.05, 3.63) is 67.4 Å². The predicted molar refractivity (Wildman–Crippen MR) is 169 cm³/mol. The number of para-hydroxylation sites is 1. The second-order valence-electron chi connectivity index (χ2n) is 9.48. The lowest BCUT2D eigenvalue weighted by Gasteiger charge is -2.23. The molecule has 1 amide bonds. The molecule has 1 saturated heterocycles. The van der Waals surface area contributed by atoms with Crippen LogP contribution < -0.4 is 10.1 Å².